The van der Waals surface area contributed by atoms with Crippen LogP contribution >= 0.6 is 0 Å². The number of rotatable bonds is 4. The van der Waals surface area contributed by atoms with Gasteiger partial charge in [-0.25, -0.2) is 9.78 Å². The van der Waals surface area contributed by atoms with E-state index in [4.69, 9.17) is 5.11 Å². The minimum atomic E-state index is -0.969. The Hall–Kier alpha value is -1.84. The van der Waals surface area contributed by atoms with Crippen molar-refractivity contribution in [2.45, 2.75) is 0 Å². The van der Waals surface area contributed by atoms with Gasteiger partial charge in [0, 0.05) is 19.8 Å². The fraction of sp³-hybridized carbons (Fsp3) is 0.200. The van der Waals surface area contributed by atoms with E-state index in [1.807, 2.05) is 0 Å². The molecule has 4 heteroatoms. The molecule has 0 atom stereocenters. The molecular weight excluding hydrogens is 180 g/mol. The first-order valence-electron chi connectivity index (χ1n) is 4.17. The first-order chi connectivity index (χ1) is 6.66. The van der Waals surface area contributed by atoms with Crippen LogP contribution in [0.25, 0.3) is 0 Å². The van der Waals surface area contributed by atoms with Crippen LogP contribution in [0.3, 0.4) is 0 Å². The lowest BCUT2D eigenvalue weighted by atomic mass is 10.2. The van der Waals surface area contributed by atoms with Crippen molar-refractivity contribution in [1.82, 2.24) is 4.98 Å². The summed E-state index contributed by atoms with van der Waals surface area (Å²) in [4.78, 5) is 16.6. The van der Waals surface area contributed by atoms with E-state index in [-0.39, 0.29) is 5.56 Å². The van der Waals surface area contributed by atoms with Crippen molar-refractivity contribution in [2.75, 3.05) is 18.5 Å². The highest BCUT2D eigenvalue weighted by Gasteiger charge is 2.12. The lowest BCUT2D eigenvalue weighted by molar-refractivity contribution is 0.0697. The molecule has 0 saturated heterocycles. The number of anilines is 1. The van der Waals surface area contributed by atoms with Crippen molar-refractivity contribution in [1.29, 1.82) is 0 Å². The summed E-state index contributed by atoms with van der Waals surface area (Å²) in [5, 5.41) is 8.89. The van der Waals surface area contributed by atoms with Crippen LogP contribution < -0.4 is 4.90 Å². The second kappa shape index (κ2) is 4.41. The van der Waals surface area contributed by atoms with Crippen LogP contribution in [0.15, 0.2) is 31.0 Å². The SMILES string of the molecule is C=CCN(C)c1ncccc1C(=O)O. The van der Waals surface area contributed by atoms with E-state index in [1.54, 1.807) is 30.3 Å². The molecule has 0 bridgehead atoms. The second-order valence-corrected chi connectivity index (χ2v) is 2.85. The van der Waals surface area contributed by atoms with Gasteiger partial charge in [0.05, 0.1) is 0 Å². The fourth-order valence-electron chi connectivity index (χ4n) is 1.15. The van der Waals surface area contributed by atoms with Crippen molar-refractivity contribution in [3.05, 3.63) is 36.5 Å². The van der Waals surface area contributed by atoms with E-state index in [9.17, 15) is 4.79 Å². The van der Waals surface area contributed by atoms with Crippen molar-refractivity contribution < 1.29 is 9.90 Å². The van der Waals surface area contributed by atoms with Crippen molar-refractivity contribution in [3.8, 4) is 0 Å². The van der Waals surface area contributed by atoms with E-state index in [0.717, 1.165) is 0 Å². The molecule has 0 aromatic carbocycles. The topological polar surface area (TPSA) is 53.4 Å². The van der Waals surface area contributed by atoms with Gasteiger partial charge in [-0.1, -0.05) is 6.08 Å². The third-order valence-corrected chi connectivity index (χ3v) is 1.78. The zero-order valence-corrected chi connectivity index (χ0v) is 7.97. The highest BCUT2D eigenvalue weighted by Crippen LogP contribution is 2.15. The summed E-state index contributed by atoms with van der Waals surface area (Å²) in [5.41, 5.74) is 0.205. The van der Waals surface area contributed by atoms with E-state index in [0.29, 0.717) is 12.4 Å². The number of aromatic carboxylic acids is 1. The smallest absolute Gasteiger partial charge is 0.339 e. The molecule has 1 aromatic rings. The number of carbonyl (C=O) groups is 1. The van der Waals surface area contributed by atoms with Crippen LogP contribution in [0.5, 0.6) is 0 Å². The maximum absolute atomic E-state index is 10.8. The zero-order chi connectivity index (χ0) is 10.6. The largest absolute Gasteiger partial charge is 0.478 e. The second-order valence-electron chi connectivity index (χ2n) is 2.85. The number of hydrogen-bond acceptors (Lipinski definition) is 3. The van der Waals surface area contributed by atoms with Gasteiger partial charge < -0.3 is 10.0 Å². The maximum atomic E-state index is 10.8. The van der Waals surface area contributed by atoms with Crippen LogP contribution in [-0.4, -0.2) is 29.7 Å². The average molecular weight is 192 g/mol. The van der Waals surface area contributed by atoms with Gasteiger partial charge in [-0.05, 0) is 12.1 Å². The van der Waals surface area contributed by atoms with Crippen molar-refractivity contribution >= 4 is 11.8 Å². The average Bonchev–Trinajstić information content (AvgIpc) is 2.18. The summed E-state index contributed by atoms with van der Waals surface area (Å²) < 4.78 is 0. The summed E-state index contributed by atoms with van der Waals surface area (Å²) in [6.07, 6.45) is 3.27. The lowest BCUT2D eigenvalue weighted by Crippen LogP contribution is -2.20. The molecule has 14 heavy (non-hydrogen) atoms. The van der Waals surface area contributed by atoms with E-state index >= 15 is 0 Å². The van der Waals surface area contributed by atoms with Gasteiger partial charge in [-0.2, -0.15) is 0 Å². The molecule has 0 aliphatic rings. The summed E-state index contributed by atoms with van der Waals surface area (Å²) in [6, 6.07) is 3.14. The number of likely N-dealkylation sites (N-methyl/N-ethyl adjacent to an activating group) is 1. The number of hydrogen-bond donors (Lipinski definition) is 1. The summed E-state index contributed by atoms with van der Waals surface area (Å²) in [7, 11) is 1.77. The van der Waals surface area contributed by atoms with E-state index < -0.39 is 5.97 Å². The van der Waals surface area contributed by atoms with Crippen LogP contribution in [0.2, 0.25) is 0 Å². The van der Waals surface area contributed by atoms with Gasteiger partial charge in [0.25, 0.3) is 0 Å². The first kappa shape index (κ1) is 10.2. The third kappa shape index (κ3) is 2.10. The molecule has 1 rings (SSSR count). The van der Waals surface area contributed by atoms with Crippen molar-refractivity contribution in [2.24, 2.45) is 0 Å². The van der Waals surface area contributed by atoms with Gasteiger partial charge in [0.2, 0.25) is 0 Å². The fourth-order valence-corrected chi connectivity index (χ4v) is 1.15. The third-order valence-electron chi connectivity index (χ3n) is 1.78. The van der Waals surface area contributed by atoms with Crippen molar-refractivity contribution in [3.63, 3.8) is 0 Å². The quantitative estimate of drug-likeness (QED) is 0.733. The number of carboxylic acids is 1. The molecule has 0 fully saturated rings. The molecule has 0 aliphatic carbocycles. The molecular formula is C10H12N2O2. The molecule has 1 N–H and O–H groups in total. The monoisotopic (exact) mass is 192 g/mol. The van der Waals surface area contributed by atoms with Crippen LogP contribution in [0.1, 0.15) is 10.4 Å². The number of nitrogens with zero attached hydrogens (tertiary/aromatic N) is 2. The van der Waals surface area contributed by atoms with Crippen LogP contribution in [-0.2, 0) is 0 Å². The number of carboxylic acid groups (broad SMARTS) is 1. The Morgan fingerprint density at radius 1 is 1.79 bits per heavy atom. The maximum Gasteiger partial charge on any atom is 0.339 e. The number of aromatic nitrogens is 1. The Labute approximate surface area is 82.5 Å². The molecule has 4 nitrogen and oxygen atoms in total. The molecule has 74 valence electrons. The standard InChI is InChI=1S/C10H12N2O2/c1-3-7-12(2)9-8(10(13)14)5-4-6-11-9/h3-6H,1,7H2,2H3,(H,13,14). The molecule has 0 amide bonds. The van der Waals surface area contributed by atoms with Gasteiger partial charge in [-0.3, -0.25) is 0 Å². The Bertz CT molecular complexity index is 350. The molecule has 0 unspecified atom stereocenters. The van der Waals surface area contributed by atoms with Gasteiger partial charge >= 0.3 is 5.97 Å². The predicted molar refractivity (Wildman–Crippen MR) is 54.7 cm³/mol. The molecule has 1 heterocycles. The van der Waals surface area contributed by atoms with Gasteiger partial charge in [-0.15, -0.1) is 6.58 Å². The first-order valence-corrected chi connectivity index (χ1v) is 4.17. The highest BCUT2D eigenvalue weighted by atomic mass is 16.4. The molecule has 0 radical (unpaired) electrons. The van der Waals surface area contributed by atoms with Crippen LogP contribution in [0, 0.1) is 0 Å². The van der Waals surface area contributed by atoms with E-state index in [2.05, 4.69) is 11.6 Å². The zero-order valence-electron chi connectivity index (χ0n) is 7.97. The van der Waals surface area contributed by atoms with Gasteiger partial charge in [0.1, 0.15) is 11.4 Å². The molecule has 0 aliphatic heterocycles. The minimum Gasteiger partial charge on any atom is -0.478 e. The lowest BCUT2D eigenvalue weighted by Gasteiger charge is -2.17. The minimum absolute atomic E-state index is 0.205. The molecule has 0 spiro atoms. The normalized spacial score (nSPS) is 9.50. The molecule has 1 aromatic heterocycles. The Balaban J connectivity index is 3.06. The highest BCUT2D eigenvalue weighted by molar-refractivity contribution is 5.93. The van der Waals surface area contributed by atoms with Gasteiger partial charge in [0.15, 0.2) is 0 Å². The summed E-state index contributed by atoms with van der Waals surface area (Å²) >= 11 is 0. The Kier molecular flexibility index (Phi) is 3.23. The van der Waals surface area contributed by atoms with Crippen LogP contribution in [0.4, 0.5) is 5.82 Å². The Morgan fingerprint density at radius 3 is 3.07 bits per heavy atom. The summed E-state index contributed by atoms with van der Waals surface area (Å²) in [5.74, 6) is -0.510. The number of pyridine rings is 1. The predicted octanol–water partition coefficient (Wildman–Crippen LogP) is 1.40. The Morgan fingerprint density at radius 2 is 2.50 bits per heavy atom. The summed E-state index contributed by atoms with van der Waals surface area (Å²) in [6.45, 7) is 4.15. The molecule has 0 saturated carbocycles. The van der Waals surface area contributed by atoms with E-state index in [1.165, 1.54) is 6.07 Å².